The van der Waals surface area contributed by atoms with E-state index in [1.165, 1.54) is 31.5 Å². The van der Waals surface area contributed by atoms with Crippen molar-refractivity contribution in [3.63, 3.8) is 0 Å². The summed E-state index contributed by atoms with van der Waals surface area (Å²) in [6.45, 7) is 0. The Balaban J connectivity index is 2.01. The van der Waals surface area contributed by atoms with Crippen molar-refractivity contribution in [1.82, 2.24) is 4.98 Å². The molecule has 0 saturated carbocycles. The third kappa shape index (κ3) is 3.66. The zero-order chi connectivity index (χ0) is 15.2. The Morgan fingerprint density at radius 2 is 2.24 bits per heavy atom. The highest BCUT2D eigenvalue weighted by Gasteiger charge is 2.04. The van der Waals surface area contributed by atoms with Gasteiger partial charge in [0.2, 0.25) is 0 Å². The van der Waals surface area contributed by atoms with Gasteiger partial charge < -0.3 is 9.84 Å². The van der Waals surface area contributed by atoms with E-state index < -0.39 is 4.92 Å². The van der Waals surface area contributed by atoms with Gasteiger partial charge in [0.05, 0.1) is 18.2 Å². The summed E-state index contributed by atoms with van der Waals surface area (Å²) in [6, 6.07) is 7.59. The van der Waals surface area contributed by atoms with E-state index >= 15 is 0 Å². The first-order valence-corrected chi connectivity index (χ1v) is 5.86. The lowest BCUT2D eigenvalue weighted by atomic mass is 10.2. The summed E-state index contributed by atoms with van der Waals surface area (Å²) in [4.78, 5) is 13.8. The number of rotatable bonds is 5. The minimum absolute atomic E-state index is 0.00918. The van der Waals surface area contributed by atoms with Crippen molar-refractivity contribution in [2.24, 2.45) is 5.10 Å². The van der Waals surface area contributed by atoms with Crippen LogP contribution in [0, 0.1) is 10.1 Å². The number of hydrazone groups is 1. The lowest BCUT2D eigenvalue weighted by molar-refractivity contribution is -0.385. The number of nitro groups is 1. The Morgan fingerprint density at radius 1 is 1.43 bits per heavy atom. The fraction of sp³-hybridized carbons (Fsp3) is 0.0769. The van der Waals surface area contributed by atoms with E-state index in [0.29, 0.717) is 17.1 Å². The van der Waals surface area contributed by atoms with Crippen molar-refractivity contribution in [2.45, 2.75) is 0 Å². The van der Waals surface area contributed by atoms with Crippen LogP contribution in [0.5, 0.6) is 11.5 Å². The Kier molecular flexibility index (Phi) is 4.30. The number of pyridine rings is 1. The van der Waals surface area contributed by atoms with Crippen LogP contribution in [0.1, 0.15) is 5.56 Å². The number of anilines is 1. The first kappa shape index (κ1) is 14.3. The number of methoxy groups -OCH3 is 1. The molecule has 2 rings (SSSR count). The number of hydrogen-bond acceptors (Lipinski definition) is 7. The van der Waals surface area contributed by atoms with Gasteiger partial charge in [-0.05, 0) is 29.8 Å². The summed E-state index contributed by atoms with van der Waals surface area (Å²) >= 11 is 0. The zero-order valence-electron chi connectivity index (χ0n) is 11.1. The molecule has 0 unspecified atom stereocenters. The number of benzene rings is 1. The predicted octanol–water partition coefficient (Wildman–Crippen LogP) is 2.15. The molecule has 1 heterocycles. The van der Waals surface area contributed by atoms with Crippen molar-refractivity contribution in [2.75, 3.05) is 12.5 Å². The molecule has 2 aromatic rings. The van der Waals surface area contributed by atoms with Crippen LogP contribution >= 0.6 is 0 Å². The number of aromatic nitrogens is 1. The maximum Gasteiger partial charge on any atom is 0.287 e. The van der Waals surface area contributed by atoms with Crippen molar-refractivity contribution in [1.29, 1.82) is 0 Å². The maximum absolute atomic E-state index is 10.5. The number of nitrogens with one attached hydrogen (secondary N) is 1. The standard InChI is InChI=1S/C13H12N4O4/c1-21-12-4-2-9(6-11(12)18)7-15-16-13-5-3-10(8-14-13)17(19)20/h2-8,18H,1H3,(H,14,16)/b15-7-. The van der Waals surface area contributed by atoms with Crippen LogP contribution < -0.4 is 10.2 Å². The second-order valence-electron chi connectivity index (χ2n) is 3.96. The van der Waals surface area contributed by atoms with E-state index in [4.69, 9.17) is 4.74 Å². The van der Waals surface area contributed by atoms with Crippen molar-refractivity contribution >= 4 is 17.7 Å². The van der Waals surface area contributed by atoms with Crippen molar-refractivity contribution in [3.8, 4) is 11.5 Å². The third-order valence-corrected chi connectivity index (χ3v) is 2.55. The fourth-order valence-corrected chi connectivity index (χ4v) is 1.52. The Morgan fingerprint density at radius 3 is 2.81 bits per heavy atom. The van der Waals surface area contributed by atoms with Gasteiger partial charge in [-0.2, -0.15) is 5.10 Å². The van der Waals surface area contributed by atoms with Crippen LogP contribution in [-0.2, 0) is 0 Å². The number of ether oxygens (including phenoxy) is 1. The normalized spacial score (nSPS) is 10.5. The molecule has 8 nitrogen and oxygen atoms in total. The molecule has 0 fully saturated rings. The van der Waals surface area contributed by atoms with E-state index in [-0.39, 0.29) is 11.4 Å². The summed E-state index contributed by atoms with van der Waals surface area (Å²) in [6.07, 6.45) is 2.61. The van der Waals surface area contributed by atoms with Gasteiger partial charge in [-0.15, -0.1) is 0 Å². The lowest BCUT2D eigenvalue weighted by Crippen LogP contribution is -1.95. The number of phenolic OH excluding ortho intramolecular Hbond substituents is 1. The molecule has 0 saturated heterocycles. The second kappa shape index (κ2) is 6.33. The van der Waals surface area contributed by atoms with E-state index in [1.807, 2.05) is 0 Å². The highest BCUT2D eigenvalue weighted by molar-refractivity contribution is 5.81. The number of aromatic hydroxyl groups is 1. The smallest absolute Gasteiger partial charge is 0.287 e. The molecule has 2 N–H and O–H groups in total. The molecule has 108 valence electrons. The average Bonchev–Trinajstić information content (AvgIpc) is 2.48. The molecule has 0 atom stereocenters. The van der Waals surface area contributed by atoms with Gasteiger partial charge in [0, 0.05) is 6.07 Å². The molecule has 1 aromatic carbocycles. The number of phenols is 1. The van der Waals surface area contributed by atoms with Crippen LogP contribution in [0.3, 0.4) is 0 Å². The largest absolute Gasteiger partial charge is 0.504 e. The van der Waals surface area contributed by atoms with Gasteiger partial charge in [0.25, 0.3) is 5.69 Å². The molecule has 0 spiro atoms. The summed E-state index contributed by atoms with van der Waals surface area (Å²) in [5.74, 6) is 0.752. The molecule has 0 aliphatic heterocycles. The van der Waals surface area contributed by atoms with E-state index in [0.717, 1.165) is 6.20 Å². The van der Waals surface area contributed by atoms with E-state index in [1.54, 1.807) is 12.1 Å². The van der Waals surface area contributed by atoms with E-state index in [2.05, 4.69) is 15.5 Å². The summed E-state index contributed by atoms with van der Waals surface area (Å²) < 4.78 is 4.93. The van der Waals surface area contributed by atoms with Gasteiger partial charge in [-0.25, -0.2) is 4.98 Å². The van der Waals surface area contributed by atoms with Crippen molar-refractivity contribution < 1.29 is 14.8 Å². The molecule has 21 heavy (non-hydrogen) atoms. The average molecular weight is 288 g/mol. The Bertz CT molecular complexity index is 670. The van der Waals surface area contributed by atoms with Crippen LogP contribution in [-0.4, -0.2) is 28.3 Å². The van der Waals surface area contributed by atoms with Gasteiger partial charge in [-0.1, -0.05) is 0 Å². The van der Waals surface area contributed by atoms with Gasteiger partial charge in [0.15, 0.2) is 11.5 Å². The molecular formula is C13H12N4O4. The maximum atomic E-state index is 10.5. The molecule has 0 radical (unpaired) electrons. The van der Waals surface area contributed by atoms with Crippen molar-refractivity contribution in [3.05, 3.63) is 52.2 Å². The highest BCUT2D eigenvalue weighted by atomic mass is 16.6. The molecule has 0 amide bonds. The van der Waals surface area contributed by atoms with Crippen LogP contribution in [0.4, 0.5) is 11.5 Å². The highest BCUT2D eigenvalue weighted by Crippen LogP contribution is 2.25. The van der Waals surface area contributed by atoms with Crippen LogP contribution in [0.25, 0.3) is 0 Å². The molecule has 1 aromatic heterocycles. The molecule has 8 heteroatoms. The van der Waals surface area contributed by atoms with Gasteiger partial charge >= 0.3 is 0 Å². The minimum atomic E-state index is -0.528. The monoisotopic (exact) mass is 288 g/mol. The topological polar surface area (TPSA) is 110 Å². The zero-order valence-corrected chi connectivity index (χ0v) is 11.1. The number of nitrogens with zero attached hydrogens (tertiary/aromatic N) is 3. The first-order chi connectivity index (χ1) is 10.1. The lowest BCUT2D eigenvalue weighted by Gasteiger charge is -2.03. The third-order valence-electron chi connectivity index (χ3n) is 2.55. The fourth-order valence-electron chi connectivity index (χ4n) is 1.52. The summed E-state index contributed by atoms with van der Waals surface area (Å²) in [5, 5.41) is 24.0. The predicted molar refractivity (Wildman–Crippen MR) is 76.8 cm³/mol. The van der Waals surface area contributed by atoms with Crippen LogP contribution in [0.15, 0.2) is 41.6 Å². The SMILES string of the molecule is COc1ccc(/C=N\Nc2ccc([N+](=O)[O-])cn2)cc1O. The summed E-state index contributed by atoms with van der Waals surface area (Å²) in [7, 11) is 1.46. The Labute approximate surface area is 119 Å². The molecule has 0 aliphatic carbocycles. The second-order valence-corrected chi connectivity index (χ2v) is 3.96. The molecular weight excluding hydrogens is 276 g/mol. The minimum Gasteiger partial charge on any atom is -0.504 e. The van der Waals surface area contributed by atoms with Crippen LogP contribution in [0.2, 0.25) is 0 Å². The first-order valence-electron chi connectivity index (χ1n) is 5.86. The van der Waals surface area contributed by atoms with E-state index in [9.17, 15) is 15.2 Å². The summed E-state index contributed by atoms with van der Waals surface area (Å²) in [5.41, 5.74) is 3.19. The number of hydrogen-bond donors (Lipinski definition) is 2. The van der Waals surface area contributed by atoms with Gasteiger partial charge in [0.1, 0.15) is 12.0 Å². The molecule has 0 aliphatic rings. The molecule has 0 bridgehead atoms. The quantitative estimate of drug-likeness (QED) is 0.495. The Hall–Kier alpha value is -3.16. The van der Waals surface area contributed by atoms with Gasteiger partial charge in [-0.3, -0.25) is 15.5 Å².